The fourth-order valence-electron chi connectivity index (χ4n) is 2.77. The van der Waals surface area contributed by atoms with Crippen LogP contribution in [-0.2, 0) is 5.41 Å². The van der Waals surface area contributed by atoms with Crippen LogP contribution in [0, 0.1) is 5.92 Å². The molecule has 20 heavy (non-hydrogen) atoms. The van der Waals surface area contributed by atoms with E-state index in [0.29, 0.717) is 12.0 Å². The topological polar surface area (TPSA) is 61.9 Å². The van der Waals surface area contributed by atoms with Gasteiger partial charge in [0.1, 0.15) is 5.82 Å². The van der Waals surface area contributed by atoms with Gasteiger partial charge in [-0.25, -0.2) is 4.98 Å². The molecule has 0 saturated heterocycles. The molecule has 0 bridgehead atoms. The monoisotopic (exact) mass is 278 g/mol. The lowest BCUT2D eigenvalue weighted by molar-refractivity contribution is 0.0660. The van der Waals surface area contributed by atoms with Gasteiger partial charge in [0.2, 0.25) is 5.82 Å². The van der Waals surface area contributed by atoms with Crippen molar-refractivity contribution < 1.29 is 4.79 Å². The molecule has 112 valence electrons. The molecule has 0 radical (unpaired) electrons. The fraction of sp³-hybridized carbons (Fsp3) is 0.800. The Morgan fingerprint density at radius 1 is 1.35 bits per heavy atom. The lowest BCUT2D eigenvalue weighted by Gasteiger charge is -2.33. The van der Waals surface area contributed by atoms with E-state index in [-0.39, 0.29) is 17.1 Å². The van der Waals surface area contributed by atoms with Crippen molar-refractivity contribution in [1.29, 1.82) is 0 Å². The molecule has 1 aromatic rings. The average molecular weight is 278 g/mol. The van der Waals surface area contributed by atoms with Gasteiger partial charge >= 0.3 is 0 Å². The molecule has 1 heterocycles. The quantitative estimate of drug-likeness (QED) is 0.904. The first-order valence-corrected chi connectivity index (χ1v) is 7.49. The third kappa shape index (κ3) is 3.19. The summed E-state index contributed by atoms with van der Waals surface area (Å²) >= 11 is 0. The second kappa shape index (κ2) is 5.54. The van der Waals surface area contributed by atoms with Gasteiger partial charge in [0.25, 0.3) is 5.91 Å². The Bertz CT molecular complexity index is 474. The van der Waals surface area contributed by atoms with E-state index in [4.69, 9.17) is 0 Å². The highest BCUT2D eigenvalue weighted by atomic mass is 16.2. The fourth-order valence-corrected chi connectivity index (χ4v) is 2.77. The van der Waals surface area contributed by atoms with Gasteiger partial charge in [0, 0.05) is 18.5 Å². The van der Waals surface area contributed by atoms with E-state index >= 15 is 0 Å². The SMILES string of the molecule is CC1CCCC(N(C)C(=O)c2n[nH]c(C(C)(C)C)n2)C1. The van der Waals surface area contributed by atoms with Crippen molar-refractivity contribution in [3.05, 3.63) is 11.6 Å². The number of aromatic amines is 1. The largest absolute Gasteiger partial charge is 0.336 e. The van der Waals surface area contributed by atoms with Crippen molar-refractivity contribution in [3.8, 4) is 0 Å². The van der Waals surface area contributed by atoms with Gasteiger partial charge in [-0.15, -0.1) is 5.10 Å². The number of rotatable bonds is 2. The lowest BCUT2D eigenvalue weighted by atomic mass is 9.86. The Kier molecular flexibility index (Phi) is 4.16. The van der Waals surface area contributed by atoms with Crippen molar-refractivity contribution in [1.82, 2.24) is 20.1 Å². The van der Waals surface area contributed by atoms with Gasteiger partial charge in [-0.1, -0.05) is 40.5 Å². The molecule has 1 aliphatic rings. The number of hydrogen-bond donors (Lipinski definition) is 1. The molecule has 5 nitrogen and oxygen atoms in total. The van der Waals surface area contributed by atoms with Crippen LogP contribution in [0.2, 0.25) is 0 Å². The van der Waals surface area contributed by atoms with Gasteiger partial charge in [0.05, 0.1) is 0 Å². The summed E-state index contributed by atoms with van der Waals surface area (Å²) in [6.45, 7) is 8.41. The molecular weight excluding hydrogens is 252 g/mol. The minimum absolute atomic E-state index is 0.0733. The van der Waals surface area contributed by atoms with Crippen LogP contribution in [0.25, 0.3) is 0 Å². The van der Waals surface area contributed by atoms with Gasteiger partial charge in [-0.05, 0) is 18.8 Å². The highest BCUT2D eigenvalue weighted by Gasteiger charge is 2.29. The number of H-pyrrole nitrogens is 1. The molecule has 0 aromatic carbocycles. The van der Waals surface area contributed by atoms with Gasteiger partial charge < -0.3 is 4.90 Å². The number of amides is 1. The molecule has 1 saturated carbocycles. The van der Waals surface area contributed by atoms with Crippen LogP contribution in [0.1, 0.15) is 69.8 Å². The molecule has 2 rings (SSSR count). The highest BCUT2D eigenvalue weighted by Crippen LogP contribution is 2.27. The van der Waals surface area contributed by atoms with Crippen molar-refractivity contribution >= 4 is 5.91 Å². The molecule has 1 amide bonds. The minimum atomic E-state index is -0.122. The molecule has 0 aliphatic heterocycles. The van der Waals surface area contributed by atoms with E-state index in [1.54, 1.807) is 0 Å². The zero-order valence-electron chi connectivity index (χ0n) is 13.2. The predicted octanol–water partition coefficient (Wildman–Crippen LogP) is 2.75. The summed E-state index contributed by atoms with van der Waals surface area (Å²) < 4.78 is 0. The molecule has 0 spiro atoms. The zero-order valence-corrected chi connectivity index (χ0v) is 13.2. The first-order chi connectivity index (χ1) is 9.29. The summed E-state index contributed by atoms with van der Waals surface area (Å²) in [5.74, 6) is 1.67. The molecular formula is C15H26N4O. The number of carbonyl (C=O) groups is 1. The molecule has 1 aromatic heterocycles. The molecule has 5 heteroatoms. The second-order valence-corrected chi connectivity index (χ2v) is 7.10. The molecule has 1 N–H and O–H groups in total. The molecule has 2 unspecified atom stereocenters. The van der Waals surface area contributed by atoms with Crippen LogP contribution in [0.4, 0.5) is 0 Å². The lowest BCUT2D eigenvalue weighted by Crippen LogP contribution is -2.40. The Morgan fingerprint density at radius 2 is 2.05 bits per heavy atom. The normalized spacial score (nSPS) is 23.6. The van der Waals surface area contributed by atoms with Gasteiger partial charge in [-0.2, -0.15) is 0 Å². The number of hydrogen-bond acceptors (Lipinski definition) is 3. The maximum absolute atomic E-state index is 12.5. The maximum atomic E-state index is 12.5. The third-order valence-electron chi connectivity index (χ3n) is 4.16. The molecule has 1 aliphatic carbocycles. The van der Waals surface area contributed by atoms with E-state index in [2.05, 4.69) is 22.1 Å². The molecule has 2 atom stereocenters. The Balaban J connectivity index is 2.08. The van der Waals surface area contributed by atoms with Crippen molar-refractivity contribution in [2.45, 2.75) is 64.8 Å². The highest BCUT2D eigenvalue weighted by molar-refractivity contribution is 5.90. The predicted molar refractivity (Wildman–Crippen MR) is 78.6 cm³/mol. The summed E-state index contributed by atoms with van der Waals surface area (Å²) in [7, 11) is 1.87. The number of aromatic nitrogens is 3. The number of nitrogens with zero attached hydrogens (tertiary/aromatic N) is 3. The smallest absolute Gasteiger partial charge is 0.293 e. The summed E-state index contributed by atoms with van der Waals surface area (Å²) in [5.41, 5.74) is -0.122. The first-order valence-electron chi connectivity index (χ1n) is 7.49. The van der Waals surface area contributed by atoms with Crippen LogP contribution in [0.15, 0.2) is 0 Å². The van der Waals surface area contributed by atoms with Crippen molar-refractivity contribution in [3.63, 3.8) is 0 Å². The minimum Gasteiger partial charge on any atom is -0.336 e. The standard InChI is InChI=1S/C15H26N4O/c1-10-7-6-8-11(9-10)19(5)13(20)12-16-14(18-17-12)15(2,3)4/h10-11H,6-9H2,1-5H3,(H,16,17,18). The summed E-state index contributed by atoms with van der Waals surface area (Å²) in [4.78, 5) is 18.7. The summed E-state index contributed by atoms with van der Waals surface area (Å²) in [6, 6.07) is 0.322. The van der Waals surface area contributed by atoms with Gasteiger partial charge in [-0.3, -0.25) is 9.89 Å². The van der Waals surface area contributed by atoms with Crippen LogP contribution in [0.5, 0.6) is 0 Å². The van der Waals surface area contributed by atoms with Crippen LogP contribution in [0.3, 0.4) is 0 Å². The zero-order chi connectivity index (χ0) is 14.9. The van der Waals surface area contributed by atoms with E-state index in [1.807, 2.05) is 32.7 Å². The Hall–Kier alpha value is -1.39. The number of nitrogens with one attached hydrogen (secondary N) is 1. The van der Waals surface area contributed by atoms with Crippen LogP contribution >= 0.6 is 0 Å². The van der Waals surface area contributed by atoms with E-state index in [0.717, 1.165) is 18.7 Å². The number of carbonyl (C=O) groups excluding carboxylic acids is 1. The molecule has 1 fully saturated rings. The first kappa shape index (κ1) is 15.0. The summed E-state index contributed by atoms with van der Waals surface area (Å²) in [6.07, 6.45) is 4.64. The van der Waals surface area contributed by atoms with E-state index in [1.165, 1.54) is 12.8 Å². The van der Waals surface area contributed by atoms with E-state index < -0.39 is 0 Å². The van der Waals surface area contributed by atoms with Crippen LogP contribution in [-0.4, -0.2) is 39.1 Å². The van der Waals surface area contributed by atoms with Gasteiger partial charge in [0.15, 0.2) is 0 Å². The Morgan fingerprint density at radius 3 is 2.60 bits per heavy atom. The van der Waals surface area contributed by atoms with Crippen molar-refractivity contribution in [2.24, 2.45) is 5.92 Å². The van der Waals surface area contributed by atoms with E-state index in [9.17, 15) is 4.79 Å². The Labute approximate surface area is 121 Å². The summed E-state index contributed by atoms with van der Waals surface area (Å²) in [5, 5.41) is 6.97. The average Bonchev–Trinajstić information content (AvgIpc) is 2.86. The van der Waals surface area contributed by atoms with Crippen LogP contribution < -0.4 is 0 Å². The third-order valence-corrected chi connectivity index (χ3v) is 4.16. The maximum Gasteiger partial charge on any atom is 0.293 e. The second-order valence-electron chi connectivity index (χ2n) is 7.10. The van der Waals surface area contributed by atoms with Crippen molar-refractivity contribution in [2.75, 3.05) is 7.05 Å².